The number of amides is 1. The first-order valence-electron chi connectivity index (χ1n) is 7.37. The standard InChI is InChI=1S/C14H29N3O/c1-4-8-16-13-6-9-17(11-12(13)5-2)10-7-14(18)15-3/h12-13,16H,4-11H2,1-3H3,(H,15,18). The van der Waals surface area contributed by atoms with Crippen molar-refractivity contribution in [2.75, 3.05) is 33.2 Å². The summed E-state index contributed by atoms with van der Waals surface area (Å²) in [5, 5.41) is 6.35. The highest BCUT2D eigenvalue weighted by molar-refractivity contribution is 5.75. The molecule has 1 fully saturated rings. The minimum absolute atomic E-state index is 0.147. The number of hydrogen-bond acceptors (Lipinski definition) is 3. The van der Waals surface area contributed by atoms with Crippen LogP contribution in [0.4, 0.5) is 0 Å². The number of rotatable bonds is 7. The lowest BCUT2D eigenvalue weighted by Gasteiger charge is -2.38. The quantitative estimate of drug-likeness (QED) is 0.719. The Bertz CT molecular complexity index is 245. The highest BCUT2D eigenvalue weighted by Crippen LogP contribution is 2.20. The van der Waals surface area contributed by atoms with Gasteiger partial charge in [-0.05, 0) is 31.8 Å². The van der Waals surface area contributed by atoms with Crippen molar-refractivity contribution in [1.29, 1.82) is 0 Å². The number of nitrogens with one attached hydrogen (secondary N) is 2. The van der Waals surface area contributed by atoms with Crippen LogP contribution in [0.2, 0.25) is 0 Å². The lowest BCUT2D eigenvalue weighted by molar-refractivity contribution is -0.121. The third kappa shape index (κ3) is 4.94. The van der Waals surface area contributed by atoms with E-state index < -0.39 is 0 Å². The van der Waals surface area contributed by atoms with Crippen molar-refractivity contribution >= 4 is 5.91 Å². The minimum atomic E-state index is 0.147. The summed E-state index contributed by atoms with van der Waals surface area (Å²) in [6.45, 7) is 8.76. The molecule has 0 bridgehead atoms. The smallest absolute Gasteiger partial charge is 0.221 e. The van der Waals surface area contributed by atoms with Gasteiger partial charge in [0.15, 0.2) is 0 Å². The van der Waals surface area contributed by atoms with Gasteiger partial charge in [-0.2, -0.15) is 0 Å². The van der Waals surface area contributed by atoms with Crippen molar-refractivity contribution in [2.24, 2.45) is 5.92 Å². The van der Waals surface area contributed by atoms with E-state index in [2.05, 4.69) is 29.4 Å². The highest BCUT2D eigenvalue weighted by Gasteiger charge is 2.27. The van der Waals surface area contributed by atoms with Crippen LogP contribution in [0.5, 0.6) is 0 Å². The number of nitrogens with zero attached hydrogens (tertiary/aromatic N) is 1. The zero-order valence-corrected chi connectivity index (χ0v) is 12.2. The summed E-state index contributed by atoms with van der Waals surface area (Å²) < 4.78 is 0. The lowest BCUT2D eigenvalue weighted by atomic mass is 9.89. The SMILES string of the molecule is CCCNC1CCN(CCC(=O)NC)CC1CC. The van der Waals surface area contributed by atoms with Crippen molar-refractivity contribution in [3.05, 3.63) is 0 Å². The van der Waals surface area contributed by atoms with E-state index in [0.717, 1.165) is 32.1 Å². The predicted octanol–water partition coefficient (Wildman–Crippen LogP) is 1.22. The van der Waals surface area contributed by atoms with Gasteiger partial charge in [0.05, 0.1) is 0 Å². The Morgan fingerprint density at radius 1 is 1.39 bits per heavy atom. The van der Waals surface area contributed by atoms with E-state index in [9.17, 15) is 4.79 Å². The Morgan fingerprint density at radius 2 is 2.17 bits per heavy atom. The van der Waals surface area contributed by atoms with Gasteiger partial charge < -0.3 is 15.5 Å². The normalized spacial score (nSPS) is 25.1. The maximum atomic E-state index is 11.3. The fourth-order valence-corrected chi connectivity index (χ4v) is 2.71. The highest BCUT2D eigenvalue weighted by atomic mass is 16.1. The Morgan fingerprint density at radius 3 is 2.78 bits per heavy atom. The first-order valence-corrected chi connectivity index (χ1v) is 7.37. The van der Waals surface area contributed by atoms with Crippen molar-refractivity contribution in [1.82, 2.24) is 15.5 Å². The van der Waals surface area contributed by atoms with Gasteiger partial charge in [0, 0.05) is 32.6 Å². The van der Waals surface area contributed by atoms with Gasteiger partial charge >= 0.3 is 0 Å². The molecule has 0 aromatic carbocycles. The van der Waals surface area contributed by atoms with Crippen molar-refractivity contribution < 1.29 is 4.79 Å². The topological polar surface area (TPSA) is 44.4 Å². The Labute approximate surface area is 111 Å². The molecule has 0 aromatic heterocycles. The van der Waals surface area contributed by atoms with E-state index >= 15 is 0 Å². The molecule has 2 atom stereocenters. The second-order valence-electron chi connectivity index (χ2n) is 5.24. The Hall–Kier alpha value is -0.610. The third-order valence-electron chi connectivity index (χ3n) is 3.93. The lowest BCUT2D eigenvalue weighted by Crippen LogP contribution is -2.49. The average molecular weight is 255 g/mol. The van der Waals surface area contributed by atoms with Crippen LogP contribution in [0, 0.1) is 5.92 Å². The maximum absolute atomic E-state index is 11.3. The van der Waals surface area contributed by atoms with Gasteiger partial charge in [0.1, 0.15) is 0 Å². The van der Waals surface area contributed by atoms with Crippen LogP contribution < -0.4 is 10.6 Å². The molecule has 1 aliphatic heterocycles. The number of likely N-dealkylation sites (tertiary alicyclic amines) is 1. The summed E-state index contributed by atoms with van der Waals surface area (Å²) >= 11 is 0. The van der Waals surface area contributed by atoms with Gasteiger partial charge in [-0.25, -0.2) is 0 Å². The fraction of sp³-hybridized carbons (Fsp3) is 0.929. The van der Waals surface area contributed by atoms with Crippen molar-refractivity contribution in [3.63, 3.8) is 0 Å². The first kappa shape index (κ1) is 15.4. The molecule has 1 rings (SSSR count). The van der Waals surface area contributed by atoms with E-state index in [4.69, 9.17) is 0 Å². The molecule has 4 heteroatoms. The van der Waals surface area contributed by atoms with Gasteiger partial charge in [-0.1, -0.05) is 20.3 Å². The van der Waals surface area contributed by atoms with Gasteiger partial charge in [0.2, 0.25) is 5.91 Å². The van der Waals surface area contributed by atoms with Gasteiger partial charge in [-0.3, -0.25) is 4.79 Å². The molecule has 0 radical (unpaired) electrons. The van der Waals surface area contributed by atoms with E-state index in [1.807, 2.05) is 0 Å². The molecule has 0 aliphatic carbocycles. The second-order valence-corrected chi connectivity index (χ2v) is 5.24. The monoisotopic (exact) mass is 255 g/mol. The maximum Gasteiger partial charge on any atom is 0.221 e. The minimum Gasteiger partial charge on any atom is -0.359 e. The molecule has 0 saturated carbocycles. The van der Waals surface area contributed by atoms with E-state index in [-0.39, 0.29) is 5.91 Å². The largest absolute Gasteiger partial charge is 0.359 e. The molecule has 18 heavy (non-hydrogen) atoms. The average Bonchev–Trinajstić information content (AvgIpc) is 2.42. The number of hydrogen-bond donors (Lipinski definition) is 2. The van der Waals surface area contributed by atoms with Crippen LogP contribution in [-0.2, 0) is 4.79 Å². The van der Waals surface area contributed by atoms with Crippen molar-refractivity contribution in [2.45, 2.75) is 45.6 Å². The van der Waals surface area contributed by atoms with E-state index in [1.165, 1.54) is 19.3 Å². The molecular weight excluding hydrogens is 226 g/mol. The van der Waals surface area contributed by atoms with Crippen LogP contribution in [0.25, 0.3) is 0 Å². The Balaban J connectivity index is 2.33. The molecule has 1 saturated heterocycles. The van der Waals surface area contributed by atoms with Crippen LogP contribution in [-0.4, -0.2) is 50.1 Å². The third-order valence-corrected chi connectivity index (χ3v) is 3.93. The number of piperidine rings is 1. The van der Waals surface area contributed by atoms with Crippen LogP contribution >= 0.6 is 0 Å². The molecule has 4 nitrogen and oxygen atoms in total. The Kier molecular flexibility index (Phi) is 7.28. The van der Waals surface area contributed by atoms with E-state index in [0.29, 0.717) is 12.5 Å². The molecular formula is C14H29N3O. The summed E-state index contributed by atoms with van der Waals surface area (Å²) in [4.78, 5) is 13.7. The van der Waals surface area contributed by atoms with Crippen LogP contribution in [0.1, 0.15) is 39.5 Å². The zero-order chi connectivity index (χ0) is 13.4. The number of carbonyl (C=O) groups excluding carboxylic acids is 1. The molecule has 2 N–H and O–H groups in total. The first-order chi connectivity index (χ1) is 8.71. The van der Waals surface area contributed by atoms with E-state index in [1.54, 1.807) is 7.05 Å². The summed E-state index contributed by atoms with van der Waals surface area (Å²) in [5.74, 6) is 0.879. The molecule has 0 aromatic rings. The second kappa shape index (κ2) is 8.48. The van der Waals surface area contributed by atoms with Crippen molar-refractivity contribution in [3.8, 4) is 0 Å². The summed E-state index contributed by atoms with van der Waals surface area (Å²) in [7, 11) is 1.71. The molecule has 1 aliphatic rings. The van der Waals surface area contributed by atoms with Gasteiger partial charge in [-0.15, -0.1) is 0 Å². The predicted molar refractivity (Wildman–Crippen MR) is 75.6 cm³/mol. The fourth-order valence-electron chi connectivity index (χ4n) is 2.71. The molecule has 0 spiro atoms. The molecule has 1 heterocycles. The summed E-state index contributed by atoms with van der Waals surface area (Å²) in [6, 6.07) is 0.672. The molecule has 106 valence electrons. The number of carbonyl (C=O) groups is 1. The van der Waals surface area contributed by atoms with Gasteiger partial charge in [0.25, 0.3) is 0 Å². The summed E-state index contributed by atoms with van der Waals surface area (Å²) in [5.41, 5.74) is 0. The molecule has 1 amide bonds. The summed E-state index contributed by atoms with van der Waals surface area (Å²) in [6.07, 6.45) is 4.26. The zero-order valence-electron chi connectivity index (χ0n) is 12.2. The van der Waals surface area contributed by atoms with Crippen LogP contribution in [0.15, 0.2) is 0 Å². The molecule has 2 unspecified atom stereocenters. The van der Waals surface area contributed by atoms with Crippen LogP contribution in [0.3, 0.4) is 0 Å².